The fourth-order valence-electron chi connectivity index (χ4n) is 7.81. The van der Waals surface area contributed by atoms with Crippen molar-refractivity contribution >= 4 is 10.8 Å². The fraction of sp³-hybridized carbons (Fsp3) is 0.375. The van der Waals surface area contributed by atoms with Gasteiger partial charge in [-0.25, -0.2) is 0 Å². The molecule has 35 heavy (non-hydrogen) atoms. The van der Waals surface area contributed by atoms with Gasteiger partial charge in [0.15, 0.2) is 0 Å². The van der Waals surface area contributed by atoms with Gasteiger partial charge >= 0.3 is 0 Å². The highest BCUT2D eigenvalue weighted by Crippen LogP contribution is 2.65. The highest BCUT2D eigenvalue weighted by Gasteiger charge is 2.53. The molecule has 0 amide bonds. The van der Waals surface area contributed by atoms with Gasteiger partial charge in [0.25, 0.3) is 0 Å². The molecule has 3 aromatic carbocycles. The van der Waals surface area contributed by atoms with Gasteiger partial charge in [0, 0.05) is 10.8 Å². The van der Waals surface area contributed by atoms with Crippen molar-refractivity contribution in [1.82, 2.24) is 0 Å². The van der Waals surface area contributed by atoms with Crippen LogP contribution in [0.4, 0.5) is 0 Å². The summed E-state index contributed by atoms with van der Waals surface area (Å²) in [7, 11) is 1.66. The minimum atomic E-state index is -0.127. The van der Waals surface area contributed by atoms with Crippen molar-refractivity contribution < 1.29 is 14.3 Å². The molecule has 1 saturated carbocycles. The van der Waals surface area contributed by atoms with Crippen LogP contribution in [0, 0.1) is 17.8 Å². The Hall–Kier alpha value is -3.20. The molecule has 1 heterocycles. The van der Waals surface area contributed by atoms with Crippen molar-refractivity contribution in [2.75, 3.05) is 7.11 Å². The number of fused-ring (bicyclic) bond motifs is 7. The van der Waals surface area contributed by atoms with Crippen molar-refractivity contribution in [3.63, 3.8) is 0 Å². The molecule has 4 aromatic rings. The van der Waals surface area contributed by atoms with Crippen LogP contribution in [0.3, 0.4) is 0 Å². The van der Waals surface area contributed by atoms with E-state index in [2.05, 4.69) is 65.0 Å². The first-order valence-corrected chi connectivity index (χ1v) is 12.6. The smallest absolute Gasteiger partial charge is 0.137 e. The van der Waals surface area contributed by atoms with E-state index < -0.39 is 0 Å². The molecule has 180 valence electrons. The lowest BCUT2D eigenvalue weighted by Crippen LogP contribution is -2.43. The zero-order valence-electron chi connectivity index (χ0n) is 21.6. The molecular formula is C32H34O3. The standard InChI is InChI=1S/C32H34O3/c1-19-9-10-20-24(12-19)32(17-30(2,3)16-31(4,5)18-32)25-15-26(33)21-14-28(34-6)23(13-22(21)29(20)25)27-8-7-11-35-27/h7-15,33H,16-18H2,1-6H3. The average molecular weight is 467 g/mol. The quantitative estimate of drug-likeness (QED) is 0.321. The third-order valence-electron chi connectivity index (χ3n) is 8.22. The molecule has 0 bridgehead atoms. The summed E-state index contributed by atoms with van der Waals surface area (Å²) < 4.78 is 11.5. The number of furan rings is 1. The van der Waals surface area contributed by atoms with Crippen LogP contribution in [0.2, 0.25) is 0 Å². The molecule has 3 heteroatoms. The van der Waals surface area contributed by atoms with Gasteiger partial charge in [0.2, 0.25) is 0 Å². The van der Waals surface area contributed by atoms with E-state index in [9.17, 15) is 5.11 Å². The SMILES string of the molecule is COc1cc2c(O)cc3c(c2cc1-c1ccco1)-c1ccc(C)cc1C31CC(C)(C)CC(C)(C)C1. The fourth-order valence-corrected chi connectivity index (χ4v) is 7.81. The van der Waals surface area contributed by atoms with Gasteiger partial charge in [-0.2, -0.15) is 0 Å². The maximum atomic E-state index is 11.4. The predicted molar refractivity (Wildman–Crippen MR) is 142 cm³/mol. The third-order valence-corrected chi connectivity index (χ3v) is 8.22. The van der Waals surface area contributed by atoms with Crippen LogP contribution in [0.25, 0.3) is 33.2 Å². The Morgan fingerprint density at radius 1 is 0.829 bits per heavy atom. The number of rotatable bonds is 2. The number of phenolic OH excluding ortho intramolecular Hbond substituents is 1. The summed E-state index contributed by atoms with van der Waals surface area (Å²) in [6.07, 6.45) is 5.01. The number of aromatic hydroxyl groups is 1. The highest BCUT2D eigenvalue weighted by molar-refractivity contribution is 6.07. The Morgan fingerprint density at radius 3 is 2.23 bits per heavy atom. The second kappa shape index (κ2) is 7.16. The Bertz CT molecular complexity index is 1450. The summed E-state index contributed by atoms with van der Waals surface area (Å²) in [6.45, 7) is 11.8. The molecule has 1 N–H and O–H groups in total. The molecule has 1 fully saturated rings. The van der Waals surface area contributed by atoms with Crippen molar-refractivity contribution in [2.24, 2.45) is 10.8 Å². The Kier molecular flexibility index (Phi) is 4.56. The van der Waals surface area contributed by atoms with Gasteiger partial charge in [0.1, 0.15) is 17.3 Å². The van der Waals surface area contributed by atoms with Crippen LogP contribution in [0.1, 0.15) is 63.6 Å². The normalized spacial score (nSPS) is 19.0. The number of phenols is 1. The van der Waals surface area contributed by atoms with Gasteiger partial charge in [0.05, 0.1) is 18.9 Å². The van der Waals surface area contributed by atoms with Gasteiger partial charge in [-0.15, -0.1) is 0 Å². The molecule has 6 rings (SSSR count). The lowest BCUT2D eigenvalue weighted by molar-refractivity contribution is 0.0645. The topological polar surface area (TPSA) is 42.6 Å². The Morgan fingerprint density at radius 2 is 1.57 bits per heavy atom. The molecule has 0 radical (unpaired) electrons. The Labute approximate surface area is 207 Å². The van der Waals surface area contributed by atoms with Crippen LogP contribution >= 0.6 is 0 Å². The molecule has 0 atom stereocenters. The van der Waals surface area contributed by atoms with E-state index in [4.69, 9.17) is 9.15 Å². The third kappa shape index (κ3) is 3.24. The van der Waals surface area contributed by atoms with Crippen LogP contribution in [0.15, 0.2) is 59.2 Å². The molecule has 0 unspecified atom stereocenters. The van der Waals surface area contributed by atoms with Crippen LogP contribution in [-0.4, -0.2) is 12.2 Å². The second-order valence-corrected chi connectivity index (χ2v) is 12.4. The van der Waals surface area contributed by atoms with Crippen molar-refractivity contribution in [3.05, 3.63) is 71.5 Å². The van der Waals surface area contributed by atoms with Crippen LogP contribution in [0.5, 0.6) is 11.5 Å². The number of benzene rings is 3. The lowest BCUT2D eigenvalue weighted by atomic mass is 9.52. The first-order chi connectivity index (χ1) is 16.5. The van der Waals surface area contributed by atoms with E-state index in [1.54, 1.807) is 13.4 Å². The number of methoxy groups -OCH3 is 1. The summed E-state index contributed by atoms with van der Waals surface area (Å²) in [5.41, 5.74) is 7.65. The molecule has 0 saturated heterocycles. The largest absolute Gasteiger partial charge is 0.507 e. The Balaban J connectivity index is 1.74. The molecule has 0 aliphatic heterocycles. The average Bonchev–Trinajstić information content (AvgIpc) is 3.38. The number of aryl methyl sites for hydroxylation is 1. The van der Waals surface area contributed by atoms with Gasteiger partial charge in [-0.05, 0) is 95.0 Å². The first-order valence-electron chi connectivity index (χ1n) is 12.6. The predicted octanol–water partition coefficient (Wildman–Crippen LogP) is 8.63. The van der Waals surface area contributed by atoms with E-state index in [1.165, 1.54) is 34.2 Å². The van der Waals surface area contributed by atoms with E-state index in [1.807, 2.05) is 18.2 Å². The summed E-state index contributed by atoms with van der Waals surface area (Å²) in [5.74, 6) is 1.77. The maximum Gasteiger partial charge on any atom is 0.137 e. The summed E-state index contributed by atoms with van der Waals surface area (Å²) in [5, 5.41) is 13.3. The molecule has 2 aliphatic carbocycles. The maximum absolute atomic E-state index is 11.4. The summed E-state index contributed by atoms with van der Waals surface area (Å²) in [4.78, 5) is 0. The first kappa shape index (κ1) is 22.3. The second-order valence-electron chi connectivity index (χ2n) is 12.4. The minimum absolute atomic E-state index is 0.127. The van der Waals surface area contributed by atoms with Gasteiger partial charge in [-0.3, -0.25) is 0 Å². The van der Waals surface area contributed by atoms with E-state index >= 15 is 0 Å². The minimum Gasteiger partial charge on any atom is -0.507 e. The summed E-state index contributed by atoms with van der Waals surface area (Å²) >= 11 is 0. The molecule has 2 aliphatic rings. The molecule has 3 nitrogen and oxygen atoms in total. The number of hydrogen-bond acceptors (Lipinski definition) is 3. The lowest BCUT2D eigenvalue weighted by Gasteiger charge is -2.51. The monoisotopic (exact) mass is 466 g/mol. The van der Waals surface area contributed by atoms with Crippen LogP contribution < -0.4 is 4.74 Å². The van der Waals surface area contributed by atoms with Crippen LogP contribution in [-0.2, 0) is 5.41 Å². The molecular weight excluding hydrogens is 432 g/mol. The van der Waals surface area contributed by atoms with Crippen molar-refractivity contribution in [2.45, 2.75) is 59.3 Å². The summed E-state index contributed by atoms with van der Waals surface area (Å²) in [6, 6.07) is 16.9. The molecule has 1 spiro atoms. The number of hydrogen-bond donors (Lipinski definition) is 1. The zero-order valence-corrected chi connectivity index (χ0v) is 21.6. The van der Waals surface area contributed by atoms with E-state index in [0.29, 0.717) is 11.5 Å². The van der Waals surface area contributed by atoms with E-state index in [-0.39, 0.29) is 16.2 Å². The van der Waals surface area contributed by atoms with E-state index in [0.717, 1.165) is 34.9 Å². The van der Waals surface area contributed by atoms with Gasteiger partial charge < -0.3 is 14.3 Å². The van der Waals surface area contributed by atoms with Crippen molar-refractivity contribution in [1.29, 1.82) is 0 Å². The zero-order chi connectivity index (χ0) is 24.8. The number of ether oxygens (including phenoxy) is 1. The van der Waals surface area contributed by atoms with Crippen molar-refractivity contribution in [3.8, 4) is 33.9 Å². The van der Waals surface area contributed by atoms with Gasteiger partial charge in [-0.1, -0.05) is 51.5 Å². The molecule has 1 aromatic heterocycles. The highest BCUT2D eigenvalue weighted by atomic mass is 16.5.